The van der Waals surface area contributed by atoms with Crippen LogP contribution in [0.4, 0.5) is 0 Å². The van der Waals surface area contributed by atoms with E-state index < -0.39 is 5.63 Å². The van der Waals surface area contributed by atoms with Gasteiger partial charge in [-0.05, 0) is 30.7 Å². The number of hydrogen-bond acceptors (Lipinski definition) is 4. The highest BCUT2D eigenvalue weighted by atomic mass is 35.5. The van der Waals surface area contributed by atoms with Crippen molar-refractivity contribution in [2.75, 3.05) is 19.6 Å². The molecule has 0 N–H and O–H groups in total. The Balaban J connectivity index is 2.35. The highest BCUT2D eigenvalue weighted by Gasteiger charge is 2.07. The van der Waals surface area contributed by atoms with Crippen molar-refractivity contribution in [2.45, 2.75) is 6.42 Å². The molecule has 18 heavy (non-hydrogen) atoms. The number of alkyl halides is 1. The van der Waals surface area contributed by atoms with Crippen molar-refractivity contribution in [1.82, 2.24) is 0 Å². The van der Waals surface area contributed by atoms with Gasteiger partial charge in [-0.1, -0.05) is 0 Å². The van der Waals surface area contributed by atoms with Gasteiger partial charge in [0.1, 0.15) is 11.3 Å². The first-order valence-electron chi connectivity index (χ1n) is 5.55. The van der Waals surface area contributed by atoms with E-state index in [-0.39, 0.29) is 5.75 Å². The van der Waals surface area contributed by atoms with Crippen molar-refractivity contribution in [1.29, 1.82) is 0 Å². The Bertz CT molecular complexity index is 591. The maximum atomic E-state index is 11.6. The fraction of sp³-hybridized carbons (Fsp3) is 0.308. The van der Waals surface area contributed by atoms with Gasteiger partial charge in [-0.15, -0.1) is 11.6 Å². The molecule has 4 nitrogen and oxygen atoms in total. The maximum absolute atomic E-state index is 11.6. The lowest BCUT2D eigenvalue weighted by Crippen LogP contribution is -2.08. The molecule has 0 amide bonds. The van der Waals surface area contributed by atoms with Crippen LogP contribution in [-0.2, 0) is 0 Å². The lowest BCUT2D eigenvalue weighted by molar-refractivity contribution is 0.303. The molecule has 2 aromatic rings. The van der Waals surface area contributed by atoms with Crippen LogP contribution in [0.15, 0.2) is 33.5 Å². The van der Waals surface area contributed by atoms with Crippen LogP contribution in [0, 0.1) is 0 Å². The summed E-state index contributed by atoms with van der Waals surface area (Å²) in [6, 6.07) is 6.86. The first kappa shape index (κ1) is 12.8. The second-order valence-electron chi connectivity index (χ2n) is 3.69. The van der Waals surface area contributed by atoms with Crippen molar-refractivity contribution in [2.24, 2.45) is 0 Å². The summed E-state index contributed by atoms with van der Waals surface area (Å²) in [6.45, 7) is 0.393. The lowest BCUT2D eigenvalue weighted by atomic mass is 10.2. The zero-order valence-electron chi connectivity index (χ0n) is 9.94. The molecule has 0 aliphatic rings. The summed E-state index contributed by atoms with van der Waals surface area (Å²) in [4.78, 5) is 11.6. The number of halogens is 1. The number of methoxy groups -OCH3 is 1. The monoisotopic (exact) mass is 268 g/mol. The van der Waals surface area contributed by atoms with E-state index in [1.165, 1.54) is 0 Å². The highest BCUT2D eigenvalue weighted by molar-refractivity contribution is 6.17. The standard InChI is InChI=1S/C13H13ClO4/c1-16-10-3-4-11-9(7-10)8-12(13(15)18-11)17-6-2-5-14/h3-4,7-8H,2,5-6H2,1H3. The fourth-order valence-corrected chi connectivity index (χ4v) is 1.66. The van der Waals surface area contributed by atoms with Gasteiger partial charge in [0.05, 0.1) is 13.7 Å². The minimum absolute atomic E-state index is 0.195. The van der Waals surface area contributed by atoms with Crippen molar-refractivity contribution in [3.63, 3.8) is 0 Å². The minimum Gasteiger partial charge on any atom is -0.497 e. The third kappa shape index (κ3) is 2.76. The van der Waals surface area contributed by atoms with Gasteiger partial charge >= 0.3 is 5.63 Å². The van der Waals surface area contributed by atoms with Crippen LogP contribution in [0.2, 0.25) is 0 Å². The SMILES string of the molecule is COc1ccc2oc(=O)c(OCCCCl)cc2c1. The lowest BCUT2D eigenvalue weighted by Gasteiger charge is -2.05. The van der Waals surface area contributed by atoms with Gasteiger partial charge in [0.15, 0.2) is 0 Å². The number of fused-ring (bicyclic) bond motifs is 1. The van der Waals surface area contributed by atoms with Gasteiger partial charge in [-0.25, -0.2) is 4.79 Å². The number of rotatable bonds is 5. The Labute approximate surface area is 109 Å². The van der Waals surface area contributed by atoms with E-state index in [4.69, 9.17) is 25.5 Å². The molecular weight excluding hydrogens is 256 g/mol. The van der Waals surface area contributed by atoms with Gasteiger partial charge in [0.25, 0.3) is 0 Å². The largest absolute Gasteiger partial charge is 0.497 e. The van der Waals surface area contributed by atoms with Gasteiger partial charge < -0.3 is 13.9 Å². The molecule has 0 bridgehead atoms. The van der Waals surface area contributed by atoms with Crippen LogP contribution < -0.4 is 15.1 Å². The molecule has 0 radical (unpaired) electrons. The molecule has 0 atom stereocenters. The topological polar surface area (TPSA) is 48.7 Å². The summed E-state index contributed by atoms with van der Waals surface area (Å²) in [5.41, 5.74) is 0.0210. The Morgan fingerprint density at radius 3 is 2.89 bits per heavy atom. The molecule has 0 aliphatic carbocycles. The Hall–Kier alpha value is -1.68. The third-order valence-corrected chi connectivity index (χ3v) is 2.71. The first-order chi connectivity index (χ1) is 8.74. The van der Waals surface area contributed by atoms with Crippen molar-refractivity contribution >= 4 is 22.6 Å². The van der Waals surface area contributed by atoms with E-state index in [1.807, 2.05) is 0 Å². The summed E-state index contributed by atoms with van der Waals surface area (Å²) < 4.78 is 15.6. The third-order valence-electron chi connectivity index (χ3n) is 2.44. The van der Waals surface area contributed by atoms with Crippen LogP contribution in [0.25, 0.3) is 11.0 Å². The smallest absolute Gasteiger partial charge is 0.379 e. The van der Waals surface area contributed by atoms with Crippen LogP contribution in [-0.4, -0.2) is 19.6 Å². The number of benzene rings is 1. The zero-order valence-corrected chi connectivity index (χ0v) is 10.7. The van der Waals surface area contributed by atoms with Gasteiger partial charge in [0, 0.05) is 11.3 Å². The molecule has 0 fully saturated rings. The maximum Gasteiger partial charge on any atom is 0.379 e. The van der Waals surface area contributed by atoms with Crippen LogP contribution in [0.5, 0.6) is 11.5 Å². The Morgan fingerprint density at radius 1 is 1.33 bits per heavy atom. The molecule has 96 valence electrons. The summed E-state index contributed by atoms with van der Waals surface area (Å²) in [6.07, 6.45) is 0.678. The normalized spacial score (nSPS) is 10.6. The molecule has 0 unspecified atom stereocenters. The predicted molar refractivity (Wildman–Crippen MR) is 69.9 cm³/mol. The van der Waals surface area contributed by atoms with Crippen LogP contribution >= 0.6 is 11.6 Å². The molecule has 0 aliphatic heterocycles. The van der Waals surface area contributed by atoms with Gasteiger partial charge in [0.2, 0.25) is 5.75 Å². The average Bonchev–Trinajstić information content (AvgIpc) is 2.39. The van der Waals surface area contributed by atoms with Crippen molar-refractivity contribution in [3.05, 3.63) is 34.7 Å². The average molecular weight is 269 g/mol. The molecule has 1 aromatic heterocycles. The molecule has 0 spiro atoms. The predicted octanol–water partition coefficient (Wildman–Crippen LogP) is 2.81. The summed E-state index contributed by atoms with van der Waals surface area (Å²) in [7, 11) is 1.58. The van der Waals surface area contributed by atoms with Crippen LogP contribution in [0.3, 0.4) is 0 Å². The minimum atomic E-state index is -0.484. The van der Waals surface area contributed by atoms with Crippen LogP contribution in [0.1, 0.15) is 6.42 Å². The highest BCUT2D eigenvalue weighted by Crippen LogP contribution is 2.22. The zero-order chi connectivity index (χ0) is 13.0. The van der Waals surface area contributed by atoms with E-state index >= 15 is 0 Å². The number of ether oxygens (including phenoxy) is 2. The van der Waals surface area contributed by atoms with E-state index in [2.05, 4.69) is 0 Å². The molecule has 5 heteroatoms. The van der Waals surface area contributed by atoms with Crippen molar-refractivity contribution < 1.29 is 13.9 Å². The van der Waals surface area contributed by atoms with E-state index in [9.17, 15) is 4.79 Å². The molecule has 1 aromatic carbocycles. The fourth-order valence-electron chi connectivity index (χ4n) is 1.55. The second kappa shape index (κ2) is 5.78. The molecule has 1 heterocycles. The number of hydrogen-bond donors (Lipinski definition) is 0. The molecule has 2 rings (SSSR count). The van der Waals surface area contributed by atoms with E-state index in [0.717, 1.165) is 5.39 Å². The quantitative estimate of drug-likeness (QED) is 0.475. The summed E-state index contributed by atoms with van der Waals surface area (Å²) >= 11 is 5.54. The van der Waals surface area contributed by atoms with Crippen molar-refractivity contribution in [3.8, 4) is 11.5 Å². The van der Waals surface area contributed by atoms with Gasteiger partial charge in [-0.2, -0.15) is 0 Å². The molecule has 0 saturated carbocycles. The Kier molecular flexibility index (Phi) is 4.10. The van der Waals surface area contributed by atoms with E-state index in [1.54, 1.807) is 31.4 Å². The summed E-state index contributed by atoms with van der Waals surface area (Å²) in [5.74, 6) is 1.39. The summed E-state index contributed by atoms with van der Waals surface area (Å²) in [5, 5.41) is 0.759. The second-order valence-corrected chi connectivity index (χ2v) is 4.07. The van der Waals surface area contributed by atoms with E-state index in [0.29, 0.717) is 30.2 Å². The first-order valence-corrected chi connectivity index (χ1v) is 6.08. The molecule has 0 saturated heterocycles. The van der Waals surface area contributed by atoms with Gasteiger partial charge in [-0.3, -0.25) is 0 Å². The Morgan fingerprint density at radius 2 is 2.17 bits per heavy atom. The molecular formula is C13H13ClO4.